The summed E-state index contributed by atoms with van der Waals surface area (Å²) in [6.07, 6.45) is -1.28. The predicted octanol–water partition coefficient (Wildman–Crippen LogP) is 8.09. The minimum atomic E-state index is -2.05. The first-order valence-electron chi connectivity index (χ1n) is 12.3. The van der Waals surface area contributed by atoms with Crippen molar-refractivity contribution >= 4 is 19.7 Å². The number of hydrogen-bond donors (Lipinski definition) is 1. The van der Waals surface area contributed by atoms with E-state index in [1.807, 2.05) is 56.3 Å². The highest BCUT2D eigenvalue weighted by atomic mass is 32.1. The van der Waals surface area contributed by atoms with Gasteiger partial charge in [0.15, 0.2) is 8.32 Å². The summed E-state index contributed by atoms with van der Waals surface area (Å²) >= 11 is 1.28. The molecule has 2 unspecified atom stereocenters. The lowest BCUT2D eigenvalue weighted by molar-refractivity contribution is 0.106. The smallest absolute Gasteiger partial charge is 0.192 e. The normalized spacial score (nSPS) is 14.1. The molecule has 7 heteroatoms. The minimum absolute atomic E-state index is 0.0328. The number of methoxy groups -OCH3 is 1. The van der Waals surface area contributed by atoms with E-state index in [0.717, 1.165) is 28.0 Å². The predicted molar refractivity (Wildman–Crippen MR) is 148 cm³/mol. The fraction of sp³-hybridized carbons (Fsp3) is 0.448. The Balaban J connectivity index is 1.70. The van der Waals surface area contributed by atoms with Gasteiger partial charge in [-0.1, -0.05) is 51.1 Å². The van der Waals surface area contributed by atoms with E-state index in [1.165, 1.54) is 17.4 Å². The van der Waals surface area contributed by atoms with Crippen molar-refractivity contribution in [3.8, 4) is 5.75 Å². The topological polar surface area (TPSA) is 47.9 Å². The zero-order valence-electron chi connectivity index (χ0n) is 22.6. The molecule has 1 N–H and O–H groups in total. The molecule has 0 aliphatic heterocycles. The molecule has 0 aliphatic carbocycles. The first-order valence-corrected chi connectivity index (χ1v) is 16.0. The summed E-state index contributed by atoms with van der Waals surface area (Å²) in [6.45, 7) is 15.6. The number of hydrogen-bond acceptors (Lipinski definition) is 5. The summed E-state index contributed by atoms with van der Waals surface area (Å²) in [5, 5.41) is 11.1. The molecule has 1 aromatic heterocycles. The van der Waals surface area contributed by atoms with Crippen molar-refractivity contribution < 1.29 is 23.4 Å². The van der Waals surface area contributed by atoms with Crippen LogP contribution in [0.5, 0.6) is 5.75 Å². The van der Waals surface area contributed by atoms with Gasteiger partial charge in [-0.2, -0.15) is 0 Å². The summed E-state index contributed by atoms with van der Waals surface area (Å²) in [6, 6.07) is 15.0. The molecule has 196 valence electrons. The van der Waals surface area contributed by atoms with Gasteiger partial charge in [-0.25, -0.2) is 4.39 Å². The van der Waals surface area contributed by atoms with Gasteiger partial charge in [0.25, 0.3) is 0 Å². The van der Waals surface area contributed by atoms with Crippen LogP contribution in [0.1, 0.15) is 71.9 Å². The summed E-state index contributed by atoms with van der Waals surface area (Å²) in [5.74, 6) is 0.487. The van der Waals surface area contributed by atoms with Crippen LogP contribution in [-0.2, 0) is 22.4 Å². The van der Waals surface area contributed by atoms with Crippen LogP contribution in [0.15, 0.2) is 48.5 Å². The van der Waals surface area contributed by atoms with Gasteiger partial charge in [0, 0.05) is 4.88 Å². The Morgan fingerprint density at radius 3 is 2.31 bits per heavy atom. The number of rotatable bonds is 10. The van der Waals surface area contributed by atoms with Crippen molar-refractivity contribution in [2.24, 2.45) is 0 Å². The molecule has 36 heavy (non-hydrogen) atoms. The van der Waals surface area contributed by atoms with Crippen molar-refractivity contribution in [3.05, 3.63) is 86.4 Å². The van der Waals surface area contributed by atoms with Crippen molar-refractivity contribution in [2.75, 3.05) is 7.11 Å². The molecule has 4 nitrogen and oxygen atoms in total. The highest BCUT2D eigenvalue weighted by molar-refractivity contribution is 7.12. The first kappa shape index (κ1) is 28.5. The van der Waals surface area contributed by atoms with E-state index in [2.05, 4.69) is 33.9 Å². The van der Waals surface area contributed by atoms with Gasteiger partial charge in [-0.15, -0.1) is 11.3 Å². The van der Waals surface area contributed by atoms with Crippen LogP contribution in [0, 0.1) is 12.7 Å². The average Bonchev–Trinajstić information content (AvgIpc) is 3.21. The number of ether oxygens (including phenoxy) is 2. The van der Waals surface area contributed by atoms with E-state index >= 15 is 0 Å². The van der Waals surface area contributed by atoms with Crippen molar-refractivity contribution in [3.63, 3.8) is 0 Å². The van der Waals surface area contributed by atoms with E-state index in [0.29, 0.717) is 23.0 Å². The zero-order valence-corrected chi connectivity index (χ0v) is 24.5. The highest BCUT2D eigenvalue weighted by Crippen LogP contribution is 2.42. The molecular formula is C29H39FO4SSi. The SMILES string of the molecule is COc1ccc(COCc2cc(C(O)c3cc(F)c(C(C)O[Si](C)(C)C(C)(C)C)s3)ccc2C)cc1. The van der Waals surface area contributed by atoms with Crippen molar-refractivity contribution in [1.82, 2.24) is 0 Å². The Morgan fingerprint density at radius 1 is 1.03 bits per heavy atom. The van der Waals surface area contributed by atoms with E-state index in [9.17, 15) is 9.50 Å². The third kappa shape index (κ3) is 6.84. The van der Waals surface area contributed by atoms with E-state index < -0.39 is 14.4 Å². The van der Waals surface area contributed by atoms with Crippen LogP contribution in [-0.4, -0.2) is 20.5 Å². The van der Waals surface area contributed by atoms with Crippen LogP contribution in [0.3, 0.4) is 0 Å². The number of thiophene rings is 1. The Kier molecular flexibility index (Phi) is 9.17. The molecule has 0 radical (unpaired) electrons. The Labute approximate surface area is 220 Å². The Morgan fingerprint density at radius 2 is 1.69 bits per heavy atom. The summed E-state index contributed by atoms with van der Waals surface area (Å²) in [4.78, 5) is 1.10. The molecule has 1 heterocycles. The quantitative estimate of drug-likeness (QED) is 0.269. The lowest BCUT2D eigenvalue weighted by Crippen LogP contribution is -2.41. The van der Waals surface area contributed by atoms with Gasteiger partial charge in [0.1, 0.15) is 17.7 Å². The molecule has 0 bridgehead atoms. The van der Waals surface area contributed by atoms with E-state index in [1.54, 1.807) is 7.11 Å². The number of aryl methyl sites for hydroxylation is 1. The van der Waals surface area contributed by atoms with Gasteiger partial charge >= 0.3 is 0 Å². The molecule has 3 rings (SSSR count). The van der Waals surface area contributed by atoms with Crippen LogP contribution in [0.4, 0.5) is 4.39 Å². The van der Waals surface area contributed by atoms with Gasteiger partial charge in [0.05, 0.1) is 31.3 Å². The van der Waals surface area contributed by atoms with Gasteiger partial charge in [-0.05, 0) is 72.4 Å². The maximum absolute atomic E-state index is 14.9. The largest absolute Gasteiger partial charge is 0.497 e. The van der Waals surface area contributed by atoms with Crippen molar-refractivity contribution in [2.45, 2.75) is 78.2 Å². The molecule has 0 saturated carbocycles. The molecule has 0 aliphatic rings. The fourth-order valence-electron chi connectivity index (χ4n) is 3.67. The second-order valence-electron chi connectivity index (χ2n) is 10.8. The molecule has 0 fully saturated rings. The summed E-state index contributed by atoms with van der Waals surface area (Å²) in [5.41, 5.74) is 3.84. The number of benzene rings is 2. The van der Waals surface area contributed by atoms with E-state index in [4.69, 9.17) is 13.9 Å². The van der Waals surface area contributed by atoms with Gasteiger partial charge in [-0.3, -0.25) is 0 Å². The molecule has 2 aromatic carbocycles. The summed E-state index contributed by atoms with van der Waals surface area (Å²) < 4.78 is 32.5. The number of aliphatic hydroxyl groups excluding tert-OH is 1. The molecule has 0 amide bonds. The lowest BCUT2D eigenvalue weighted by atomic mass is 10.0. The van der Waals surface area contributed by atoms with Crippen LogP contribution >= 0.6 is 11.3 Å². The van der Waals surface area contributed by atoms with E-state index in [-0.39, 0.29) is 17.0 Å². The fourth-order valence-corrected chi connectivity index (χ4v) is 6.14. The van der Waals surface area contributed by atoms with Crippen LogP contribution < -0.4 is 4.74 Å². The van der Waals surface area contributed by atoms with Crippen LogP contribution in [0.2, 0.25) is 18.1 Å². The molecular weight excluding hydrogens is 491 g/mol. The third-order valence-corrected chi connectivity index (χ3v) is 12.9. The second-order valence-corrected chi connectivity index (χ2v) is 16.7. The molecule has 3 aromatic rings. The average molecular weight is 531 g/mol. The monoisotopic (exact) mass is 530 g/mol. The van der Waals surface area contributed by atoms with Crippen LogP contribution in [0.25, 0.3) is 0 Å². The molecule has 2 atom stereocenters. The first-order chi connectivity index (χ1) is 16.8. The summed E-state index contributed by atoms with van der Waals surface area (Å²) in [7, 11) is -0.411. The second kappa shape index (κ2) is 11.6. The minimum Gasteiger partial charge on any atom is -0.497 e. The number of aliphatic hydroxyl groups is 1. The third-order valence-electron chi connectivity index (χ3n) is 7.02. The molecule has 0 spiro atoms. The van der Waals surface area contributed by atoms with Crippen molar-refractivity contribution in [1.29, 1.82) is 0 Å². The van der Waals surface area contributed by atoms with Gasteiger partial charge < -0.3 is 19.0 Å². The van der Waals surface area contributed by atoms with Gasteiger partial charge in [0.2, 0.25) is 0 Å². The lowest BCUT2D eigenvalue weighted by Gasteiger charge is -2.38. The Bertz CT molecular complexity index is 1150. The Hall–Kier alpha value is -2.03. The zero-order chi connectivity index (χ0) is 26.7. The molecule has 0 saturated heterocycles. The number of halogens is 1. The highest BCUT2D eigenvalue weighted by Gasteiger charge is 2.39. The maximum Gasteiger partial charge on any atom is 0.192 e. The standard InChI is InChI=1S/C29H39FO4SSi/c1-19-9-12-22(15-23(19)18-33-17-21-10-13-24(32-6)14-11-21)27(31)26-16-25(30)28(35-26)20(2)34-36(7,8)29(3,4)5/h9-16,20,27,31H,17-18H2,1-8H3. The maximum atomic E-state index is 14.9.